The lowest BCUT2D eigenvalue weighted by Gasteiger charge is -2.31. The third-order valence-electron chi connectivity index (χ3n) is 5.57. The van der Waals surface area contributed by atoms with E-state index in [1.54, 1.807) is 31.4 Å². The van der Waals surface area contributed by atoms with Crippen molar-refractivity contribution in [3.05, 3.63) is 58.9 Å². The third kappa shape index (κ3) is 4.77. The fourth-order valence-electron chi connectivity index (χ4n) is 3.96. The molecule has 0 saturated heterocycles. The van der Waals surface area contributed by atoms with Crippen molar-refractivity contribution in [3.63, 3.8) is 0 Å². The van der Waals surface area contributed by atoms with Crippen molar-refractivity contribution >= 4 is 29.0 Å². The number of nitrogens with one attached hydrogen (secondary N) is 2. The molecule has 1 saturated carbocycles. The van der Waals surface area contributed by atoms with E-state index in [-0.39, 0.29) is 23.6 Å². The highest BCUT2D eigenvalue weighted by Gasteiger charge is 2.34. The van der Waals surface area contributed by atoms with E-state index in [1.807, 2.05) is 0 Å². The Morgan fingerprint density at radius 3 is 2.56 bits per heavy atom. The minimum absolute atomic E-state index is 0.0650. The van der Waals surface area contributed by atoms with Crippen LogP contribution >= 0.6 is 11.6 Å². The predicted octanol–water partition coefficient (Wildman–Crippen LogP) is 5.17. The number of rotatable bonds is 5. The number of nitrogens with zero attached hydrogens (tertiary/aromatic N) is 2. The zero-order chi connectivity index (χ0) is 22.9. The van der Waals surface area contributed by atoms with Gasteiger partial charge in [-0.2, -0.15) is 13.2 Å². The zero-order valence-electron chi connectivity index (χ0n) is 17.2. The normalized spacial score (nSPS) is 19.0. The lowest BCUT2D eigenvalue weighted by molar-refractivity contribution is -0.140. The number of hydrogen-bond donors (Lipinski definition) is 2. The number of fused-ring (bicyclic) bond motifs is 1. The molecule has 32 heavy (non-hydrogen) atoms. The molecule has 0 aliphatic heterocycles. The van der Waals surface area contributed by atoms with Crippen LogP contribution in [0.1, 0.15) is 41.7 Å². The van der Waals surface area contributed by atoms with E-state index < -0.39 is 11.9 Å². The molecule has 1 fully saturated rings. The predicted molar refractivity (Wildman–Crippen MR) is 115 cm³/mol. The minimum atomic E-state index is -4.54. The molecule has 1 amide bonds. The lowest BCUT2D eigenvalue weighted by atomic mass is 9.90. The first-order valence-corrected chi connectivity index (χ1v) is 10.6. The van der Waals surface area contributed by atoms with Crippen LogP contribution in [-0.2, 0) is 6.18 Å². The highest BCUT2D eigenvalue weighted by Crippen LogP contribution is 2.33. The molecule has 2 heterocycles. The number of halogens is 4. The number of benzene rings is 1. The Labute approximate surface area is 187 Å². The van der Waals surface area contributed by atoms with Gasteiger partial charge in [-0.1, -0.05) is 11.6 Å². The summed E-state index contributed by atoms with van der Waals surface area (Å²) >= 11 is 6.30. The number of ether oxygens (including phenoxy) is 1. The largest absolute Gasteiger partial charge is 0.497 e. The molecule has 3 aromatic rings. The van der Waals surface area contributed by atoms with Gasteiger partial charge in [-0.25, -0.2) is 4.98 Å². The summed E-state index contributed by atoms with van der Waals surface area (Å²) in [5, 5.41) is 6.61. The first-order valence-electron chi connectivity index (χ1n) is 10.2. The van der Waals surface area contributed by atoms with Crippen molar-refractivity contribution in [2.45, 2.75) is 43.9 Å². The maximum Gasteiger partial charge on any atom is 0.434 e. The van der Waals surface area contributed by atoms with Gasteiger partial charge < -0.3 is 15.4 Å². The first kappa shape index (κ1) is 22.3. The second-order valence-electron chi connectivity index (χ2n) is 7.79. The van der Waals surface area contributed by atoms with Crippen molar-refractivity contribution < 1.29 is 22.7 Å². The summed E-state index contributed by atoms with van der Waals surface area (Å²) < 4.78 is 45.7. The van der Waals surface area contributed by atoms with Gasteiger partial charge in [0.15, 0.2) is 5.69 Å². The van der Waals surface area contributed by atoms with Crippen molar-refractivity contribution in [3.8, 4) is 5.75 Å². The van der Waals surface area contributed by atoms with Gasteiger partial charge in [0, 0.05) is 23.8 Å². The maximum absolute atomic E-state index is 13.1. The first-order chi connectivity index (χ1) is 15.2. The van der Waals surface area contributed by atoms with E-state index in [4.69, 9.17) is 16.3 Å². The molecule has 1 aliphatic rings. The van der Waals surface area contributed by atoms with Crippen molar-refractivity contribution in [2.75, 3.05) is 12.4 Å². The van der Waals surface area contributed by atoms with Crippen LogP contribution in [-0.4, -0.2) is 34.5 Å². The van der Waals surface area contributed by atoms with E-state index in [9.17, 15) is 18.0 Å². The molecular formula is C22H22ClF3N4O2. The zero-order valence-corrected chi connectivity index (χ0v) is 18.0. The standard InChI is InChI=1S/C22H22ClF3N4O2/c1-32-16-7-5-13(6-8-16)21(31)28-15-4-2-3-14(11-15)27-20-17(23)9-10-19-29-18(12-30(19)20)22(24,25)26/h5-10,12,14-15,27H,2-4,11H2,1H3,(H,28,31)/t14-,15+/m0/s1. The summed E-state index contributed by atoms with van der Waals surface area (Å²) in [5.41, 5.74) is -0.285. The van der Waals surface area contributed by atoms with Crippen molar-refractivity contribution in [2.24, 2.45) is 0 Å². The molecular weight excluding hydrogens is 445 g/mol. The van der Waals surface area contributed by atoms with Gasteiger partial charge >= 0.3 is 6.18 Å². The molecule has 0 radical (unpaired) electrons. The number of pyridine rings is 1. The van der Waals surface area contributed by atoms with E-state index in [0.29, 0.717) is 28.6 Å². The minimum Gasteiger partial charge on any atom is -0.497 e. The van der Waals surface area contributed by atoms with Gasteiger partial charge in [-0.05, 0) is 62.1 Å². The molecule has 0 spiro atoms. The van der Waals surface area contributed by atoms with Gasteiger partial charge in [-0.3, -0.25) is 9.20 Å². The molecule has 2 atom stereocenters. The van der Waals surface area contributed by atoms with Crippen LogP contribution in [0.4, 0.5) is 19.0 Å². The summed E-state index contributed by atoms with van der Waals surface area (Å²) in [6.45, 7) is 0. The number of anilines is 1. The number of methoxy groups -OCH3 is 1. The second kappa shape index (κ2) is 8.90. The third-order valence-corrected chi connectivity index (χ3v) is 5.88. The smallest absolute Gasteiger partial charge is 0.434 e. The summed E-state index contributed by atoms with van der Waals surface area (Å²) in [5.74, 6) is 0.852. The van der Waals surface area contributed by atoms with Crippen molar-refractivity contribution in [1.82, 2.24) is 14.7 Å². The van der Waals surface area contributed by atoms with Gasteiger partial charge in [0.05, 0.1) is 12.1 Å². The molecule has 2 aromatic heterocycles. The van der Waals surface area contributed by atoms with Gasteiger partial charge in [0.1, 0.15) is 17.2 Å². The average Bonchev–Trinajstić information content (AvgIpc) is 3.21. The Kier molecular flexibility index (Phi) is 6.19. The number of imidazole rings is 1. The summed E-state index contributed by atoms with van der Waals surface area (Å²) in [6, 6.07) is 9.69. The Bertz CT molecular complexity index is 1110. The number of carbonyl (C=O) groups is 1. The second-order valence-corrected chi connectivity index (χ2v) is 8.20. The monoisotopic (exact) mass is 466 g/mol. The Morgan fingerprint density at radius 1 is 1.16 bits per heavy atom. The Balaban J connectivity index is 1.47. The van der Waals surface area contributed by atoms with Gasteiger partial charge in [0.25, 0.3) is 5.91 Å². The van der Waals surface area contributed by atoms with Crippen LogP contribution in [0.2, 0.25) is 5.02 Å². The fraction of sp³-hybridized carbons (Fsp3) is 0.364. The Hall–Kier alpha value is -2.94. The van der Waals surface area contributed by atoms with E-state index in [1.165, 1.54) is 16.5 Å². The number of carbonyl (C=O) groups excluding carboxylic acids is 1. The van der Waals surface area contributed by atoms with E-state index in [0.717, 1.165) is 25.5 Å². The Morgan fingerprint density at radius 2 is 1.88 bits per heavy atom. The van der Waals surface area contributed by atoms with E-state index >= 15 is 0 Å². The quantitative estimate of drug-likeness (QED) is 0.544. The van der Waals surface area contributed by atoms with Crippen LogP contribution in [0, 0.1) is 0 Å². The molecule has 0 bridgehead atoms. The maximum atomic E-state index is 13.1. The number of alkyl halides is 3. The summed E-state index contributed by atoms with van der Waals surface area (Å²) in [4.78, 5) is 16.2. The van der Waals surface area contributed by atoms with Crippen LogP contribution < -0.4 is 15.4 Å². The topological polar surface area (TPSA) is 67.7 Å². The van der Waals surface area contributed by atoms with Gasteiger partial charge in [0.2, 0.25) is 0 Å². The van der Waals surface area contributed by atoms with Crippen LogP contribution in [0.3, 0.4) is 0 Å². The van der Waals surface area contributed by atoms with Crippen LogP contribution in [0.15, 0.2) is 42.6 Å². The SMILES string of the molecule is COc1ccc(C(=O)N[C@@H]2CCC[C@H](Nc3c(Cl)ccc4nc(C(F)(F)F)cn34)C2)cc1. The number of aromatic nitrogens is 2. The molecule has 1 aromatic carbocycles. The van der Waals surface area contributed by atoms with Crippen LogP contribution in [0.5, 0.6) is 5.75 Å². The number of hydrogen-bond acceptors (Lipinski definition) is 4. The summed E-state index contributed by atoms with van der Waals surface area (Å²) in [6.07, 6.45) is -0.498. The average molecular weight is 467 g/mol. The molecule has 170 valence electrons. The van der Waals surface area contributed by atoms with Crippen molar-refractivity contribution in [1.29, 1.82) is 0 Å². The van der Waals surface area contributed by atoms with Gasteiger partial charge in [-0.15, -0.1) is 0 Å². The highest BCUT2D eigenvalue weighted by atomic mass is 35.5. The highest BCUT2D eigenvalue weighted by molar-refractivity contribution is 6.33. The molecule has 1 aliphatic carbocycles. The molecule has 10 heteroatoms. The lowest BCUT2D eigenvalue weighted by Crippen LogP contribution is -2.42. The molecule has 0 unspecified atom stereocenters. The number of amides is 1. The van der Waals surface area contributed by atoms with Crippen LogP contribution in [0.25, 0.3) is 5.65 Å². The van der Waals surface area contributed by atoms with E-state index in [2.05, 4.69) is 15.6 Å². The summed E-state index contributed by atoms with van der Waals surface area (Å²) in [7, 11) is 1.56. The molecule has 2 N–H and O–H groups in total. The fourth-order valence-corrected chi connectivity index (χ4v) is 4.17. The molecule has 4 rings (SSSR count). The molecule has 6 nitrogen and oxygen atoms in total.